The Morgan fingerprint density at radius 3 is 2.88 bits per heavy atom. The van der Waals surface area contributed by atoms with E-state index in [2.05, 4.69) is 23.5 Å². The molecule has 1 heterocycles. The molecule has 1 aromatic rings. The lowest BCUT2D eigenvalue weighted by Crippen LogP contribution is -1.99. The maximum absolute atomic E-state index is 5.87. The van der Waals surface area contributed by atoms with Crippen molar-refractivity contribution in [2.75, 3.05) is 5.73 Å². The van der Waals surface area contributed by atoms with Gasteiger partial charge in [0.15, 0.2) is 0 Å². The highest BCUT2D eigenvalue weighted by molar-refractivity contribution is 5.81. The first-order valence-corrected chi connectivity index (χ1v) is 5.54. The number of aliphatic imine (C=N–C) groups is 1. The summed E-state index contributed by atoms with van der Waals surface area (Å²) in [5.74, 6) is 0.467. The zero-order chi connectivity index (χ0) is 12.7. The average molecular weight is 230 g/mol. The van der Waals surface area contributed by atoms with Crippen molar-refractivity contribution in [3.8, 4) is 0 Å². The van der Waals surface area contributed by atoms with Crippen LogP contribution in [0.15, 0.2) is 36.0 Å². The number of nitrogen functional groups attached to an aromatic ring is 1. The molecule has 0 aliphatic carbocycles. The van der Waals surface area contributed by atoms with E-state index in [1.165, 1.54) is 6.20 Å². The number of nitrogens with zero attached hydrogens (tertiary/aromatic N) is 2. The number of rotatable bonds is 5. The first kappa shape index (κ1) is 13.0. The lowest BCUT2D eigenvalue weighted by atomic mass is 10.1. The van der Waals surface area contributed by atoms with E-state index in [1.807, 2.05) is 12.1 Å². The smallest absolute Gasteiger partial charge is 0.133 e. The molecule has 4 heteroatoms. The second-order valence-electron chi connectivity index (χ2n) is 3.60. The van der Waals surface area contributed by atoms with E-state index in [-0.39, 0.29) is 0 Å². The van der Waals surface area contributed by atoms with Crippen LogP contribution in [0.25, 0.3) is 5.70 Å². The number of aromatic nitrogens is 1. The predicted octanol–water partition coefficient (Wildman–Crippen LogP) is 2.13. The zero-order valence-electron chi connectivity index (χ0n) is 10.1. The highest BCUT2D eigenvalue weighted by atomic mass is 14.9. The van der Waals surface area contributed by atoms with E-state index in [9.17, 15) is 0 Å². The van der Waals surface area contributed by atoms with E-state index in [1.54, 1.807) is 12.3 Å². The van der Waals surface area contributed by atoms with Crippen molar-refractivity contribution in [2.24, 2.45) is 10.7 Å². The second-order valence-corrected chi connectivity index (χ2v) is 3.60. The maximum Gasteiger partial charge on any atom is 0.133 e. The summed E-state index contributed by atoms with van der Waals surface area (Å²) in [6, 6.07) is 3.85. The van der Waals surface area contributed by atoms with Gasteiger partial charge in [-0.25, -0.2) is 4.98 Å². The van der Waals surface area contributed by atoms with E-state index in [0.717, 1.165) is 24.1 Å². The Labute approximate surface area is 102 Å². The summed E-state index contributed by atoms with van der Waals surface area (Å²) in [4.78, 5) is 8.43. The molecule has 0 spiro atoms. The van der Waals surface area contributed by atoms with Crippen LogP contribution in [0.3, 0.4) is 0 Å². The van der Waals surface area contributed by atoms with E-state index in [4.69, 9.17) is 11.5 Å². The number of hydrogen-bond donors (Lipinski definition) is 2. The molecule has 0 aliphatic heterocycles. The van der Waals surface area contributed by atoms with Gasteiger partial charge >= 0.3 is 0 Å². The summed E-state index contributed by atoms with van der Waals surface area (Å²) in [7, 11) is 0. The van der Waals surface area contributed by atoms with E-state index in [0.29, 0.717) is 11.5 Å². The standard InChI is InChI=1S/C13H18N4/c1-3-5-11-6-7-12(13(15)17-11)10(2)16-9-4-8-14/h4,6-9H,2-3,5,14H2,1H3,(H2,15,17)/b8-4-,16-9-. The van der Waals surface area contributed by atoms with Gasteiger partial charge in [0.1, 0.15) is 5.82 Å². The van der Waals surface area contributed by atoms with Gasteiger partial charge in [-0.15, -0.1) is 0 Å². The van der Waals surface area contributed by atoms with Crippen molar-refractivity contribution < 1.29 is 0 Å². The van der Waals surface area contributed by atoms with Crippen LogP contribution in [-0.4, -0.2) is 11.2 Å². The molecule has 0 saturated heterocycles. The Morgan fingerprint density at radius 1 is 1.53 bits per heavy atom. The zero-order valence-corrected chi connectivity index (χ0v) is 10.1. The van der Waals surface area contributed by atoms with E-state index < -0.39 is 0 Å². The van der Waals surface area contributed by atoms with Gasteiger partial charge in [-0.05, 0) is 30.8 Å². The largest absolute Gasteiger partial charge is 0.405 e. The second kappa shape index (κ2) is 6.48. The van der Waals surface area contributed by atoms with Crippen molar-refractivity contribution in [3.05, 3.63) is 42.2 Å². The van der Waals surface area contributed by atoms with Crippen LogP contribution >= 0.6 is 0 Å². The van der Waals surface area contributed by atoms with Gasteiger partial charge < -0.3 is 11.5 Å². The molecule has 1 aromatic heterocycles. The fourth-order valence-electron chi connectivity index (χ4n) is 1.41. The molecule has 0 saturated carbocycles. The van der Waals surface area contributed by atoms with Crippen LogP contribution in [-0.2, 0) is 6.42 Å². The molecule has 0 unspecified atom stereocenters. The predicted molar refractivity (Wildman–Crippen MR) is 73.5 cm³/mol. The van der Waals surface area contributed by atoms with Crippen molar-refractivity contribution in [3.63, 3.8) is 0 Å². The molecular formula is C13H18N4. The van der Waals surface area contributed by atoms with Gasteiger partial charge in [0.2, 0.25) is 0 Å². The number of hydrogen-bond acceptors (Lipinski definition) is 4. The van der Waals surface area contributed by atoms with Crippen molar-refractivity contribution >= 4 is 17.7 Å². The molecule has 1 rings (SSSR count). The third kappa shape index (κ3) is 3.75. The van der Waals surface area contributed by atoms with Crippen LogP contribution < -0.4 is 11.5 Å². The summed E-state index contributed by atoms with van der Waals surface area (Å²) in [5.41, 5.74) is 13.4. The minimum atomic E-state index is 0.467. The first-order valence-electron chi connectivity index (χ1n) is 5.54. The van der Waals surface area contributed by atoms with Crippen LogP contribution in [0.4, 0.5) is 5.82 Å². The lowest BCUT2D eigenvalue weighted by Gasteiger charge is -2.06. The summed E-state index contributed by atoms with van der Waals surface area (Å²) >= 11 is 0. The fraction of sp³-hybridized carbons (Fsp3) is 0.231. The molecule has 0 amide bonds. The van der Waals surface area contributed by atoms with Crippen molar-refractivity contribution in [1.82, 2.24) is 4.98 Å². The first-order chi connectivity index (χ1) is 8.19. The van der Waals surface area contributed by atoms with Gasteiger partial charge in [0.25, 0.3) is 0 Å². The molecule has 17 heavy (non-hydrogen) atoms. The van der Waals surface area contributed by atoms with Gasteiger partial charge in [-0.2, -0.15) is 0 Å². The van der Waals surface area contributed by atoms with Gasteiger partial charge in [0, 0.05) is 17.5 Å². The Hall–Kier alpha value is -2.10. The number of nitrogens with two attached hydrogens (primary N) is 2. The SMILES string of the molecule is C=C(/N=C\C=C/N)c1ccc(CCC)nc1N. The molecule has 0 bridgehead atoms. The quantitative estimate of drug-likeness (QED) is 0.761. The third-order valence-electron chi connectivity index (χ3n) is 2.23. The third-order valence-corrected chi connectivity index (χ3v) is 2.23. The number of aryl methyl sites for hydroxylation is 1. The fourth-order valence-corrected chi connectivity index (χ4v) is 1.41. The maximum atomic E-state index is 5.87. The molecule has 90 valence electrons. The number of allylic oxidation sites excluding steroid dienone is 1. The normalized spacial score (nSPS) is 11.4. The topological polar surface area (TPSA) is 77.3 Å². The van der Waals surface area contributed by atoms with E-state index >= 15 is 0 Å². The van der Waals surface area contributed by atoms with Gasteiger partial charge in [-0.3, -0.25) is 4.99 Å². The minimum absolute atomic E-state index is 0.467. The van der Waals surface area contributed by atoms with Gasteiger partial charge in [-0.1, -0.05) is 19.9 Å². The molecule has 4 N–H and O–H groups in total. The van der Waals surface area contributed by atoms with Crippen molar-refractivity contribution in [2.45, 2.75) is 19.8 Å². The Morgan fingerprint density at radius 2 is 2.29 bits per heavy atom. The molecule has 0 atom stereocenters. The summed E-state index contributed by atoms with van der Waals surface area (Å²) in [6.45, 7) is 5.95. The van der Waals surface area contributed by atoms with Crippen LogP contribution in [0.5, 0.6) is 0 Å². The Bertz CT molecular complexity index is 447. The molecular weight excluding hydrogens is 212 g/mol. The Balaban J connectivity index is 2.88. The number of pyridine rings is 1. The average Bonchev–Trinajstić information content (AvgIpc) is 2.29. The monoisotopic (exact) mass is 230 g/mol. The highest BCUT2D eigenvalue weighted by Gasteiger charge is 2.04. The minimum Gasteiger partial charge on any atom is -0.405 e. The Kier molecular flexibility index (Phi) is 4.94. The molecule has 0 aliphatic rings. The lowest BCUT2D eigenvalue weighted by molar-refractivity contribution is 0.884. The van der Waals surface area contributed by atoms with Crippen LogP contribution in [0.2, 0.25) is 0 Å². The molecule has 0 aromatic carbocycles. The summed E-state index contributed by atoms with van der Waals surface area (Å²) in [5, 5.41) is 0. The summed E-state index contributed by atoms with van der Waals surface area (Å²) < 4.78 is 0. The molecule has 0 fully saturated rings. The van der Waals surface area contributed by atoms with Crippen LogP contribution in [0, 0.1) is 0 Å². The number of anilines is 1. The summed E-state index contributed by atoms with van der Waals surface area (Å²) in [6.07, 6.45) is 6.58. The van der Waals surface area contributed by atoms with Crippen LogP contribution in [0.1, 0.15) is 24.6 Å². The highest BCUT2D eigenvalue weighted by Crippen LogP contribution is 2.19. The van der Waals surface area contributed by atoms with Crippen molar-refractivity contribution in [1.29, 1.82) is 0 Å². The van der Waals surface area contributed by atoms with Gasteiger partial charge in [0.05, 0.1) is 5.70 Å². The molecule has 4 nitrogen and oxygen atoms in total. The molecule has 0 radical (unpaired) electrons.